The van der Waals surface area contributed by atoms with Gasteiger partial charge in [-0.2, -0.15) is 5.10 Å². The van der Waals surface area contributed by atoms with Crippen LogP contribution in [0.4, 0.5) is 5.69 Å². The van der Waals surface area contributed by atoms with Crippen LogP contribution in [-0.2, 0) is 0 Å². The first-order chi connectivity index (χ1) is 8.69. The molecule has 0 atom stereocenters. The van der Waals surface area contributed by atoms with Crippen molar-refractivity contribution in [2.45, 2.75) is 0 Å². The molecule has 2 N–H and O–H groups in total. The molecule has 0 aliphatic carbocycles. The molecule has 0 radical (unpaired) electrons. The highest BCUT2D eigenvalue weighted by Crippen LogP contribution is 2.11. The summed E-state index contributed by atoms with van der Waals surface area (Å²) in [5, 5.41) is 8.38. The zero-order chi connectivity index (χ0) is 13.0. The van der Waals surface area contributed by atoms with E-state index in [2.05, 4.69) is 20.5 Å². The lowest BCUT2D eigenvalue weighted by Crippen LogP contribution is -2.17. The largest absolute Gasteiger partial charge is 0.481 e. The Kier molecular flexibility index (Phi) is 3.33. The number of carbonyl (C=O) groups excluding carboxylic acids is 1. The SMILES string of the molecule is COc1ccc(NC(=O)c2ccc(=O)[nH]n2)cn1. The molecule has 0 aliphatic heterocycles. The van der Waals surface area contributed by atoms with E-state index < -0.39 is 5.91 Å². The minimum atomic E-state index is -0.432. The van der Waals surface area contributed by atoms with Gasteiger partial charge in [0.15, 0.2) is 0 Å². The fraction of sp³-hybridized carbons (Fsp3) is 0.0909. The topological polar surface area (TPSA) is 97.0 Å². The zero-order valence-corrected chi connectivity index (χ0v) is 9.51. The number of rotatable bonds is 3. The molecule has 2 rings (SSSR count). The molecule has 7 heteroatoms. The molecule has 0 unspecified atom stereocenters. The standard InChI is InChI=1S/C11H10N4O3/c1-18-10-5-2-7(6-12-10)13-11(17)8-3-4-9(16)15-14-8/h2-6H,1H3,(H,13,17)(H,15,16). The van der Waals surface area contributed by atoms with Gasteiger partial charge in [-0.15, -0.1) is 0 Å². The number of methoxy groups -OCH3 is 1. The molecule has 0 aliphatic rings. The van der Waals surface area contributed by atoms with Crippen LogP contribution in [0, 0.1) is 0 Å². The number of aromatic nitrogens is 3. The van der Waals surface area contributed by atoms with Gasteiger partial charge in [-0.05, 0) is 12.1 Å². The summed E-state index contributed by atoms with van der Waals surface area (Å²) in [6.07, 6.45) is 1.46. The molecule has 0 saturated heterocycles. The molecule has 18 heavy (non-hydrogen) atoms. The lowest BCUT2D eigenvalue weighted by molar-refractivity contribution is 0.102. The second-order valence-electron chi connectivity index (χ2n) is 3.35. The van der Waals surface area contributed by atoms with Crippen molar-refractivity contribution in [1.82, 2.24) is 15.2 Å². The summed E-state index contributed by atoms with van der Waals surface area (Å²) in [4.78, 5) is 26.5. The minimum absolute atomic E-state index is 0.116. The Balaban J connectivity index is 2.10. The summed E-state index contributed by atoms with van der Waals surface area (Å²) in [5.74, 6) is 0.0216. The predicted octanol–water partition coefficient (Wildman–Crippen LogP) is 0.426. The van der Waals surface area contributed by atoms with Crippen LogP contribution in [0.3, 0.4) is 0 Å². The van der Waals surface area contributed by atoms with Crippen LogP contribution >= 0.6 is 0 Å². The molecule has 0 spiro atoms. The minimum Gasteiger partial charge on any atom is -0.481 e. The number of carbonyl (C=O) groups is 1. The van der Waals surface area contributed by atoms with Gasteiger partial charge in [-0.1, -0.05) is 0 Å². The van der Waals surface area contributed by atoms with E-state index in [0.717, 1.165) is 0 Å². The van der Waals surface area contributed by atoms with Crippen LogP contribution in [-0.4, -0.2) is 28.2 Å². The van der Waals surface area contributed by atoms with Crippen LogP contribution in [0.5, 0.6) is 5.88 Å². The molecule has 0 saturated carbocycles. The third kappa shape index (κ3) is 2.70. The number of nitrogens with zero attached hydrogens (tertiary/aromatic N) is 2. The maximum atomic E-state index is 11.7. The van der Waals surface area contributed by atoms with Crippen LogP contribution in [0.1, 0.15) is 10.5 Å². The number of nitrogens with one attached hydrogen (secondary N) is 2. The average Bonchev–Trinajstić information content (AvgIpc) is 2.40. The Hall–Kier alpha value is -2.70. The Morgan fingerprint density at radius 1 is 1.33 bits per heavy atom. The molecule has 92 valence electrons. The van der Waals surface area contributed by atoms with E-state index in [4.69, 9.17) is 4.74 Å². The van der Waals surface area contributed by atoms with Gasteiger partial charge in [0.2, 0.25) is 5.88 Å². The van der Waals surface area contributed by atoms with Crippen LogP contribution in [0.25, 0.3) is 0 Å². The third-order valence-corrected chi connectivity index (χ3v) is 2.12. The number of pyridine rings is 1. The first-order valence-corrected chi connectivity index (χ1v) is 5.06. The number of ether oxygens (including phenoxy) is 1. The summed E-state index contributed by atoms with van der Waals surface area (Å²) in [7, 11) is 1.50. The highest BCUT2D eigenvalue weighted by molar-refractivity contribution is 6.02. The summed E-state index contributed by atoms with van der Waals surface area (Å²) >= 11 is 0. The molecule has 1 amide bonds. The first kappa shape index (κ1) is 11.8. The highest BCUT2D eigenvalue weighted by atomic mass is 16.5. The number of hydrogen-bond donors (Lipinski definition) is 2. The summed E-state index contributed by atoms with van der Waals surface area (Å²) in [6, 6.07) is 5.84. The van der Waals surface area contributed by atoms with Gasteiger partial charge in [-0.3, -0.25) is 9.59 Å². The van der Waals surface area contributed by atoms with Crippen molar-refractivity contribution in [2.75, 3.05) is 12.4 Å². The zero-order valence-electron chi connectivity index (χ0n) is 9.51. The Bertz CT molecular complexity index is 586. The average molecular weight is 246 g/mol. The lowest BCUT2D eigenvalue weighted by Gasteiger charge is -2.04. The van der Waals surface area contributed by atoms with Gasteiger partial charge >= 0.3 is 0 Å². The number of H-pyrrole nitrogens is 1. The lowest BCUT2D eigenvalue weighted by atomic mass is 10.3. The van der Waals surface area contributed by atoms with Gasteiger partial charge in [0.1, 0.15) is 5.69 Å². The van der Waals surface area contributed by atoms with Gasteiger partial charge in [0.05, 0.1) is 19.0 Å². The molecule has 0 aromatic carbocycles. The summed E-state index contributed by atoms with van der Waals surface area (Å²) in [6.45, 7) is 0. The molecule has 0 bridgehead atoms. The maximum absolute atomic E-state index is 11.7. The predicted molar refractivity (Wildman–Crippen MR) is 63.6 cm³/mol. The molecule has 2 aromatic rings. The van der Waals surface area contributed by atoms with Crippen molar-refractivity contribution in [3.63, 3.8) is 0 Å². The third-order valence-electron chi connectivity index (χ3n) is 2.12. The van der Waals surface area contributed by atoms with Crippen molar-refractivity contribution >= 4 is 11.6 Å². The van der Waals surface area contributed by atoms with E-state index in [1.54, 1.807) is 12.1 Å². The van der Waals surface area contributed by atoms with Crippen molar-refractivity contribution < 1.29 is 9.53 Å². The second-order valence-corrected chi connectivity index (χ2v) is 3.35. The number of anilines is 1. The van der Waals surface area contributed by atoms with Gasteiger partial charge in [0.25, 0.3) is 11.5 Å². The maximum Gasteiger partial charge on any atom is 0.276 e. The Labute approximate surface area is 102 Å². The van der Waals surface area contributed by atoms with Crippen LogP contribution in [0.15, 0.2) is 35.3 Å². The molecular weight excluding hydrogens is 236 g/mol. The summed E-state index contributed by atoms with van der Waals surface area (Å²) in [5.41, 5.74) is 0.261. The van der Waals surface area contributed by atoms with Gasteiger partial charge < -0.3 is 10.1 Å². The van der Waals surface area contributed by atoms with Crippen molar-refractivity contribution in [1.29, 1.82) is 0 Å². The van der Waals surface area contributed by atoms with E-state index in [9.17, 15) is 9.59 Å². The number of aromatic amines is 1. The van der Waals surface area contributed by atoms with E-state index in [1.165, 1.54) is 25.4 Å². The van der Waals surface area contributed by atoms with Crippen molar-refractivity contribution in [2.24, 2.45) is 0 Å². The first-order valence-electron chi connectivity index (χ1n) is 5.06. The fourth-order valence-corrected chi connectivity index (χ4v) is 1.24. The van der Waals surface area contributed by atoms with Crippen molar-refractivity contribution in [3.05, 3.63) is 46.5 Å². The van der Waals surface area contributed by atoms with Crippen LogP contribution < -0.4 is 15.6 Å². The monoisotopic (exact) mass is 246 g/mol. The Morgan fingerprint density at radius 2 is 2.17 bits per heavy atom. The molecule has 2 aromatic heterocycles. The molecule has 7 nitrogen and oxygen atoms in total. The van der Waals surface area contributed by atoms with E-state index in [-0.39, 0.29) is 11.3 Å². The molecule has 2 heterocycles. The highest BCUT2D eigenvalue weighted by Gasteiger charge is 2.07. The Morgan fingerprint density at radius 3 is 2.72 bits per heavy atom. The van der Waals surface area contributed by atoms with E-state index >= 15 is 0 Å². The molecular formula is C11H10N4O3. The van der Waals surface area contributed by atoms with Gasteiger partial charge in [-0.25, -0.2) is 10.1 Å². The van der Waals surface area contributed by atoms with Gasteiger partial charge in [0, 0.05) is 12.1 Å². The number of amides is 1. The number of hydrogen-bond acceptors (Lipinski definition) is 5. The van der Waals surface area contributed by atoms with Crippen molar-refractivity contribution in [3.8, 4) is 5.88 Å². The van der Waals surface area contributed by atoms with E-state index in [1.807, 2.05) is 0 Å². The second kappa shape index (κ2) is 5.09. The normalized spacial score (nSPS) is 9.83. The van der Waals surface area contributed by atoms with Crippen LogP contribution in [0.2, 0.25) is 0 Å². The molecule has 0 fully saturated rings. The smallest absolute Gasteiger partial charge is 0.276 e. The van der Waals surface area contributed by atoms with E-state index in [0.29, 0.717) is 11.6 Å². The summed E-state index contributed by atoms with van der Waals surface area (Å²) < 4.78 is 4.90. The quantitative estimate of drug-likeness (QED) is 0.818. The fourth-order valence-electron chi connectivity index (χ4n) is 1.24.